The largest absolute Gasteiger partial charge is 0.461 e. The number of aryl methyl sites for hydroxylation is 1. The molecule has 0 fully saturated rings. The van der Waals surface area contributed by atoms with Crippen molar-refractivity contribution < 1.29 is 9.53 Å². The fourth-order valence-electron chi connectivity index (χ4n) is 1.04. The van der Waals surface area contributed by atoms with E-state index in [9.17, 15) is 4.79 Å². The molecule has 0 aliphatic carbocycles. The Balaban J connectivity index is 2.43. The van der Waals surface area contributed by atoms with Gasteiger partial charge in [-0.3, -0.25) is 0 Å². The summed E-state index contributed by atoms with van der Waals surface area (Å²) in [6.45, 7) is 3.14. The summed E-state index contributed by atoms with van der Waals surface area (Å²) >= 11 is 2.15. The summed E-state index contributed by atoms with van der Waals surface area (Å²) < 4.78 is 7.04. The number of likely N-dealkylation sites (N-methyl/N-ethyl adjacent to an activating group) is 1. The SMILES string of the molecule is Cc1ccc(C(=O)OCCN(C)I)cc1. The monoisotopic (exact) mass is 319 g/mol. The van der Waals surface area contributed by atoms with E-state index in [4.69, 9.17) is 4.74 Å². The van der Waals surface area contributed by atoms with Gasteiger partial charge in [0, 0.05) is 29.4 Å². The summed E-state index contributed by atoms with van der Waals surface area (Å²) in [6, 6.07) is 7.37. The first-order chi connectivity index (χ1) is 7.09. The molecule has 0 radical (unpaired) electrons. The van der Waals surface area contributed by atoms with Crippen molar-refractivity contribution in [3.05, 3.63) is 35.4 Å². The van der Waals surface area contributed by atoms with Crippen molar-refractivity contribution >= 4 is 28.8 Å². The van der Waals surface area contributed by atoms with Gasteiger partial charge >= 0.3 is 5.97 Å². The third kappa shape index (κ3) is 4.61. The Labute approximate surface area is 104 Å². The molecule has 0 atom stereocenters. The first kappa shape index (κ1) is 12.4. The lowest BCUT2D eigenvalue weighted by Gasteiger charge is -2.08. The highest BCUT2D eigenvalue weighted by molar-refractivity contribution is 14.1. The van der Waals surface area contributed by atoms with E-state index in [1.54, 1.807) is 12.1 Å². The van der Waals surface area contributed by atoms with Crippen LogP contribution in [-0.4, -0.2) is 29.3 Å². The standard InChI is InChI=1S/C11H14INO2/c1-9-3-5-10(6-4-9)11(14)15-8-7-13(2)12/h3-6H,7-8H2,1-2H3. The smallest absolute Gasteiger partial charge is 0.338 e. The van der Waals surface area contributed by atoms with Crippen LogP contribution in [0.25, 0.3) is 0 Å². The zero-order valence-electron chi connectivity index (χ0n) is 8.87. The molecule has 0 saturated heterocycles. The molecule has 1 rings (SSSR count). The lowest BCUT2D eigenvalue weighted by Crippen LogP contribution is -2.15. The maximum Gasteiger partial charge on any atom is 0.338 e. The quantitative estimate of drug-likeness (QED) is 0.485. The normalized spacial score (nSPS) is 10.4. The van der Waals surface area contributed by atoms with Crippen LogP contribution in [0, 0.1) is 6.92 Å². The van der Waals surface area contributed by atoms with Gasteiger partial charge in [0.1, 0.15) is 6.61 Å². The van der Waals surface area contributed by atoms with Crippen LogP contribution in [0.3, 0.4) is 0 Å². The van der Waals surface area contributed by atoms with Gasteiger partial charge in [-0.25, -0.2) is 7.91 Å². The minimum absolute atomic E-state index is 0.256. The second kappa shape index (κ2) is 6.07. The molecule has 3 nitrogen and oxygen atoms in total. The molecule has 0 unspecified atom stereocenters. The molecule has 0 aromatic heterocycles. The van der Waals surface area contributed by atoms with Crippen LogP contribution in [0.4, 0.5) is 0 Å². The predicted molar refractivity (Wildman–Crippen MR) is 68.1 cm³/mol. The van der Waals surface area contributed by atoms with Gasteiger partial charge in [0.05, 0.1) is 5.56 Å². The number of halogens is 1. The van der Waals surface area contributed by atoms with Crippen LogP contribution in [0.15, 0.2) is 24.3 Å². The first-order valence-electron chi connectivity index (χ1n) is 4.70. The Morgan fingerprint density at radius 1 is 1.40 bits per heavy atom. The summed E-state index contributed by atoms with van der Waals surface area (Å²) in [5.41, 5.74) is 1.75. The number of benzene rings is 1. The highest BCUT2D eigenvalue weighted by atomic mass is 127. The molecule has 1 aromatic rings. The molecule has 0 spiro atoms. The Bertz CT molecular complexity index is 322. The molecule has 0 bridgehead atoms. The minimum Gasteiger partial charge on any atom is -0.461 e. The van der Waals surface area contributed by atoms with Crippen molar-refractivity contribution in [1.29, 1.82) is 0 Å². The predicted octanol–water partition coefficient (Wildman–Crippen LogP) is 2.43. The Morgan fingerprint density at radius 2 is 2.00 bits per heavy atom. The first-order valence-corrected chi connectivity index (χ1v) is 5.67. The van der Waals surface area contributed by atoms with Crippen molar-refractivity contribution in [1.82, 2.24) is 3.11 Å². The average Bonchev–Trinajstić information content (AvgIpc) is 2.18. The molecule has 1 aromatic carbocycles. The van der Waals surface area contributed by atoms with E-state index in [-0.39, 0.29) is 5.97 Å². The number of nitrogens with zero attached hydrogens (tertiary/aromatic N) is 1. The third-order valence-electron chi connectivity index (χ3n) is 1.92. The zero-order valence-corrected chi connectivity index (χ0v) is 11.0. The highest BCUT2D eigenvalue weighted by Gasteiger charge is 2.06. The number of ether oxygens (including phenoxy) is 1. The van der Waals surface area contributed by atoms with E-state index in [0.717, 1.165) is 12.1 Å². The van der Waals surface area contributed by atoms with Crippen molar-refractivity contribution in [2.75, 3.05) is 20.2 Å². The van der Waals surface area contributed by atoms with E-state index >= 15 is 0 Å². The maximum atomic E-state index is 11.5. The number of carbonyl (C=O) groups is 1. The van der Waals surface area contributed by atoms with Gasteiger partial charge < -0.3 is 4.74 Å². The number of carbonyl (C=O) groups excluding carboxylic acids is 1. The van der Waals surface area contributed by atoms with Gasteiger partial charge in [0.15, 0.2) is 0 Å². The molecule has 0 amide bonds. The molecule has 0 saturated carbocycles. The molecule has 15 heavy (non-hydrogen) atoms. The summed E-state index contributed by atoms with van der Waals surface area (Å²) in [5.74, 6) is -0.256. The van der Waals surface area contributed by atoms with Gasteiger partial charge in [-0.2, -0.15) is 0 Å². The number of hydrogen-bond acceptors (Lipinski definition) is 3. The van der Waals surface area contributed by atoms with Crippen LogP contribution >= 0.6 is 22.9 Å². The van der Waals surface area contributed by atoms with Crippen molar-refractivity contribution in [2.45, 2.75) is 6.92 Å². The maximum absolute atomic E-state index is 11.5. The van der Waals surface area contributed by atoms with Gasteiger partial charge in [-0.05, 0) is 26.1 Å². The van der Waals surface area contributed by atoms with Gasteiger partial charge in [-0.1, -0.05) is 17.7 Å². The van der Waals surface area contributed by atoms with Crippen LogP contribution in [-0.2, 0) is 4.74 Å². The van der Waals surface area contributed by atoms with Crippen molar-refractivity contribution in [2.24, 2.45) is 0 Å². The molecule has 82 valence electrons. The number of esters is 1. The molecule has 0 aliphatic heterocycles. The van der Waals surface area contributed by atoms with Crippen molar-refractivity contribution in [3.63, 3.8) is 0 Å². The highest BCUT2D eigenvalue weighted by Crippen LogP contribution is 2.05. The Kier molecular flexibility index (Phi) is 5.04. The average molecular weight is 319 g/mol. The molecule has 4 heteroatoms. The second-order valence-corrected chi connectivity index (χ2v) is 4.98. The lowest BCUT2D eigenvalue weighted by atomic mass is 10.1. The number of hydrogen-bond donors (Lipinski definition) is 0. The lowest BCUT2D eigenvalue weighted by molar-refractivity contribution is 0.0499. The van der Waals surface area contributed by atoms with Crippen LogP contribution in [0.5, 0.6) is 0 Å². The van der Waals surface area contributed by atoms with Crippen LogP contribution < -0.4 is 0 Å². The molecular formula is C11H14INO2. The van der Waals surface area contributed by atoms with Crippen molar-refractivity contribution in [3.8, 4) is 0 Å². The second-order valence-electron chi connectivity index (χ2n) is 3.33. The summed E-state index contributed by atoms with van der Waals surface area (Å²) in [4.78, 5) is 11.5. The fraction of sp³-hybridized carbons (Fsp3) is 0.364. The molecular weight excluding hydrogens is 305 g/mol. The topological polar surface area (TPSA) is 29.5 Å². The third-order valence-corrected chi connectivity index (χ3v) is 2.40. The van der Waals surface area contributed by atoms with E-state index < -0.39 is 0 Å². The van der Waals surface area contributed by atoms with E-state index in [1.165, 1.54) is 0 Å². The van der Waals surface area contributed by atoms with Crippen LogP contribution in [0.1, 0.15) is 15.9 Å². The van der Waals surface area contributed by atoms with E-state index in [2.05, 4.69) is 22.9 Å². The van der Waals surface area contributed by atoms with Gasteiger partial charge in [-0.15, -0.1) is 0 Å². The van der Waals surface area contributed by atoms with E-state index in [0.29, 0.717) is 12.2 Å². The minimum atomic E-state index is -0.256. The van der Waals surface area contributed by atoms with E-state index in [1.807, 2.05) is 29.2 Å². The number of rotatable bonds is 4. The van der Waals surface area contributed by atoms with Crippen LogP contribution in [0.2, 0.25) is 0 Å². The molecule has 0 N–H and O–H groups in total. The van der Waals surface area contributed by atoms with Gasteiger partial charge in [0.2, 0.25) is 0 Å². The van der Waals surface area contributed by atoms with Gasteiger partial charge in [0.25, 0.3) is 0 Å². The summed E-state index contributed by atoms with van der Waals surface area (Å²) in [7, 11) is 1.93. The summed E-state index contributed by atoms with van der Waals surface area (Å²) in [5, 5.41) is 0. The summed E-state index contributed by atoms with van der Waals surface area (Å²) in [6.07, 6.45) is 0. The zero-order chi connectivity index (χ0) is 11.3. The molecule has 0 heterocycles. The Morgan fingerprint density at radius 3 is 2.53 bits per heavy atom. The molecule has 0 aliphatic rings. The Hall–Kier alpha value is -0.620. The fourth-order valence-corrected chi connectivity index (χ4v) is 1.23.